The molecule has 2 aromatic rings. The van der Waals surface area contributed by atoms with Gasteiger partial charge in [0.15, 0.2) is 5.69 Å². The van der Waals surface area contributed by atoms with Crippen LogP contribution < -0.4 is 0 Å². The molecular weight excluding hydrogens is 262 g/mol. The van der Waals surface area contributed by atoms with Gasteiger partial charge in [-0.05, 0) is 13.8 Å². The number of aryl methyl sites for hydroxylation is 1. The highest BCUT2D eigenvalue weighted by Crippen LogP contribution is 2.21. The van der Waals surface area contributed by atoms with E-state index in [0.29, 0.717) is 37.6 Å². The molecule has 0 amide bonds. The number of rotatable bonds is 7. The van der Waals surface area contributed by atoms with E-state index in [-0.39, 0.29) is 5.69 Å². The van der Waals surface area contributed by atoms with E-state index in [1.54, 1.807) is 17.1 Å². The Kier molecular flexibility index (Phi) is 4.46. The van der Waals surface area contributed by atoms with Crippen LogP contribution in [0.4, 0.5) is 0 Å². The number of ether oxygens (including phenoxy) is 1. The van der Waals surface area contributed by atoms with E-state index < -0.39 is 5.97 Å². The minimum Gasteiger partial charge on any atom is -0.476 e. The number of carbonyl (C=O) groups is 1. The normalized spacial score (nSPS) is 10.9. The van der Waals surface area contributed by atoms with Gasteiger partial charge in [-0.3, -0.25) is 4.68 Å². The van der Waals surface area contributed by atoms with Gasteiger partial charge in [-0.15, -0.1) is 5.10 Å². The molecule has 8 heteroatoms. The van der Waals surface area contributed by atoms with Crippen LogP contribution >= 0.6 is 0 Å². The van der Waals surface area contributed by atoms with Gasteiger partial charge >= 0.3 is 5.97 Å². The first-order valence-electron chi connectivity index (χ1n) is 6.44. The van der Waals surface area contributed by atoms with Crippen molar-refractivity contribution < 1.29 is 14.6 Å². The van der Waals surface area contributed by atoms with Gasteiger partial charge < -0.3 is 9.84 Å². The van der Waals surface area contributed by atoms with Crippen LogP contribution in [0.25, 0.3) is 11.3 Å². The fraction of sp³-hybridized carbons (Fsp3) is 0.500. The maximum absolute atomic E-state index is 11.2. The monoisotopic (exact) mass is 279 g/mol. The summed E-state index contributed by atoms with van der Waals surface area (Å²) in [5.74, 6) is -1.10. The number of carboxylic acid groups (broad SMARTS) is 1. The minimum absolute atomic E-state index is 0.0721. The molecule has 2 heterocycles. The van der Waals surface area contributed by atoms with E-state index in [1.807, 2.05) is 13.8 Å². The number of aromatic nitrogens is 5. The fourth-order valence-corrected chi connectivity index (χ4v) is 1.85. The molecule has 2 rings (SSSR count). The Labute approximate surface area is 116 Å². The minimum atomic E-state index is -1.10. The van der Waals surface area contributed by atoms with Gasteiger partial charge in [0.2, 0.25) is 0 Å². The zero-order chi connectivity index (χ0) is 14.5. The number of carboxylic acids is 1. The first kappa shape index (κ1) is 14.2. The van der Waals surface area contributed by atoms with Gasteiger partial charge in [0, 0.05) is 24.9 Å². The molecular formula is C12H17N5O3. The average molecular weight is 279 g/mol. The third-order valence-corrected chi connectivity index (χ3v) is 2.82. The van der Waals surface area contributed by atoms with Crippen LogP contribution in [-0.2, 0) is 17.8 Å². The van der Waals surface area contributed by atoms with Crippen molar-refractivity contribution in [2.24, 2.45) is 0 Å². The maximum Gasteiger partial charge on any atom is 0.358 e. The summed E-state index contributed by atoms with van der Waals surface area (Å²) in [6.07, 6.45) is 3.40. The Morgan fingerprint density at radius 2 is 2.25 bits per heavy atom. The van der Waals surface area contributed by atoms with E-state index in [0.717, 1.165) is 0 Å². The quantitative estimate of drug-likeness (QED) is 0.756. The molecule has 108 valence electrons. The lowest BCUT2D eigenvalue weighted by Crippen LogP contribution is -2.09. The number of nitrogens with zero attached hydrogens (tertiary/aromatic N) is 5. The SMILES string of the molecule is CCOCCn1nnc(C(=O)O)c1-c1cnn(CC)c1. The molecule has 0 bridgehead atoms. The summed E-state index contributed by atoms with van der Waals surface area (Å²) >= 11 is 0. The number of hydrogen-bond acceptors (Lipinski definition) is 5. The Hall–Kier alpha value is -2.22. The van der Waals surface area contributed by atoms with E-state index in [4.69, 9.17) is 4.74 Å². The van der Waals surface area contributed by atoms with Gasteiger partial charge in [0.05, 0.1) is 19.3 Å². The third kappa shape index (κ3) is 2.85. The van der Waals surface area contributed by atoms with E-state index in [9.17, 15) is 9.90 Å². The van der Waals surface area contributed by atoms with Crippen LogP contribution in [0.3, 0.4) is 0 Å². The lowest BCUT2D eigenvalue weighted by molar-refractivity contribution is 0.0691. The predicted octanol–water partition coefficient (Wildman–Crippen LogP) is 0.896. The molecule has 0 saturated carbocycles. The summed E-state index contributed by atoms with van der Waals surface area (Å²) in [5, 5.41) is 21.0. The Bertz CT molecular complexity index is 590. The standard InChI is InChI=1S/C12H17N5O3/c1-3-16-8-9(7-13-16)11-10(12(18)19)14-15-17(11)5-6-20-4-2/h7-8H,3-6H2,1-2H3,(H,18,19). The topological polar surface area (TPSA) is 95.1 Å². The first-order chi connectivity index (χ1) is 9.67. The molecule has 0 aromatic carbocycles. The maximum atomic E-state index is 11.2. The largest absolute Gasteiger partial charge is 0.476 e. The van der Waals surface area contributed by atoms with Crippen molar-refractivity contribution in [1.29, 1.82) is 0 Å². The van der Waals surface area contributed by atoms with Crippen molar-refractivity contribution in [2.45, 2.75) is 26.9 Å². The highest BCUT2D eigenvalue weighted by molar-refractivity contribution is 5.92. The third-order valence-electron chi connectivity index (χ3n) is 2.82. The van der Waals surface area contributed by atoms with Gasteiger partial charge in [0.25, 0.3) is 0 Å². The summed E-state index contributed by atoms with van der Waals surface area (Å²) in [4.78, 5) is 11.2. The molecule has 1 N–H and O–H groups in total. The molecule has 2 aromatic heterocycles. The smallest absolute Gasteiger partial charge is 0.358 e. The van der Waals surface area contributed by atoms with Crippen molar-refractivity contribution in [3.8, 4) is 11.3 Å². The van der Waals surface area contributed by atoms with Crippen LogP contribution in [-0.4, -0.2) is 49.1 Å². The lowest BCUT2D eigenvalue weighted by Gasteiger charge is -2.05. The van der Waals surface area contributed by atoms with E-state index in [2.05, 4.69) is 15.4 Å². The van der Waals surface area contributed by atoms with Gasteiger partial charge in [-0.2, -0.15) is 5.10 Å². The Morgan fingerprint density at radius 1 is 1.45 bits per heavy atom. The molecule has 0 radical (unpaired) electrons. The molecule has 0 saturated heterocycles. The summed E-state index contributed by atoms with van der Waals surface area (Å²) in [7, 11) is 0. The van der Waals surface area contributed by atoms with Crippen LogP contribution in [0.15, 0.2) is 12.4 Å². The molecule has 0 aliphatic carbocycles. The fourth-order valence-electron chi connectivity index (χ4n) is 1.85. The zero-order valence-corrected chi connectivity index (χ0v) is 11.5. The highest BCUT2D eigenvalue weighted by atomic mass is 16.5. The summed E-state index contributed by atoms with van der Waals surface area (Å²) in [6, 6.07) is 0. The summed E-state index contributed by atoms with van der Waals surface area (Å²) in [5.41, 5.74) is 1.07. The van der Waals surface area contributed by atoms with Crippen LogP contribution in [0.2, 0.25) is 0 Å². The highest BCUT2D eigenvalue weighted by Gasteiger charge is 2.21. The van der Waals surface area contributed by atoms with E-state index in [1.165, 1.54) is 4.68 Å². The van der Waals surface area contributed by atoms with Crippen LogP contribution in [0.5, 0.6) is 0 Å². The molecule has 0 fully saturated rings. The van der Waals surface area contributed by atoms with Crippen molar-refractivity contribution in [1.82, 2.24) is 24.8 Å². The second-order valence-corrected chi connectivity index (χ2v) is 4.10. The summed E-state index contributed by atoms with van der Waals surface area (Å²) < 4.78 is 8.53. The molecule has 0 atom stereocenters. The predicted molar refractivity (Wildman–Crippen MR) is 70.4 cm³/mol. The van der Waals surface area contributed by atoms with Crippen molar-refractivity contribution in [2.75, 3.05) is 13.2 Å². The Morgan fingerprint density at radius 3 is 2.85 bits per heavy atom. The lowest BCUT2D eigenvalue weighted by atomic mass is 10.2. The molecule has 0 aliphatic heterocycles. The van der Waals surface area contributed by atoms with E-state index >= 15 is 0 Å². The second kappa shape index (κ2) is 6.29. The second-order valence-electron chi connectivity index (χ2n) is 4.10. The van der Waals surface area contributed by atoms with Crippen molar-refractivity contribution >= 4 is 5.97 Å². The van der Waals surface area contributed by atoms with Crippen LogP contribution in [0.1, 0.15) is 24.3 Å². The van der Waals surface area contributed by atoms with Crippen LogP contribution in [0, 0.1) is 0 Å². The molecule has 0 spiro atoms. The number of aromatic carboxylic acids is 1. The van der Waals surface area contributed by atoms with Gasteiger partial charge in [-0.1, -0.05) is 5.21 Å². The zero-order valence-electron chi connectivity index (χ0n) is 11.5. The molecule has 20 heavy (non-hydrogen) atoms. The molecule has 0 unspecified atom stereocenters. The van der Waals surface area contributed by atoms with Crippen molar-refractivity contribution in [3.05, 3.63) is 18.1 Å². The molecule has 8 nitrogen and oxygen atoms in total. The first-order valence-corrected chi connectivity index (χ1v) is 6.44. The number of hydrogen-bond donors (Lipinski definition) is 1. The van der Waals surface area contributed by atoms with Gasteiger partial charge in [-0.25, -0.2) is 9.48 Å². The van der Waals surface area contributed by atoms with Gasteiger partial charge in [0.1, 0.15) is 5.69 Å². The van der Waals surface area contributed by atoms with Crippen molar-refractivity contribution in [3.63, 3.8) is 0 Å². The Balaban J connectivity index is 2.36. The molecule has 0 aliphatic rings. The summed E-state index contributed by atoms with van der Waals surface area (Å²) in [6.45, 7) is 6.07. The average Bonchev–Trinajstić information content (AvgIpc) is 3.04.